The average molecular weight is 273 g/mol. The first kappa shape index (κ1) is 15.8. The van der Waals surface area contributed by atoms with Gasteiger partial charge in [0.25, 0.3) is 0 Å². The normalized spacial score (nSPS) is 29.1. The van der Waals surface area contributed by atoms with E-state index in [4.69, 9.17) is 9.47 Å². The summed E-state index contributed by atoms with van der Waals surface area (Å²) in [5.41, 5.74) is -2.71. The van der Waals surface area contributed by atoms with Crippen LogP contribution >= 0.6 is 0 Å². The van der Waals surface area contributed by atoms with Crippen molar-refractivity contribution in [2.45, 2.75) is 58.3 Å². The van der Waals surface area contributed by atoms with Crippen LogP contribution in [0.4, 0.5) is 4.79 Å². The summed E-state index contributed by atoms with van der Waals surface area (Å²) in [4.78, 5) is 23.8. The lowest BCUT2D eigenvalue weighted by Gasteiger charge is -2.56. The molecule has 110 valence electrons. The van der Waals surface area contributed by atoms with Gasteiger partial charge in [-0.3, -0.25) is 0 Å². The zero-order chi connectivity index (χ0) is 15.1. The smallest absolute Gasteiger partial charge is 0.408 e. The zero-order valence-corrected chi connectivity index (χ0v) is 12.4. The Morgan fingerprint density at radius 3 is 2.16 bits per heavy atom. The minimum absolute atomic E-state index is 0.117. The lowest BCUT2D eigenvalue weighted by Crippen LogP contribution is -2.76. The van der Waals surface area contributed by atoms with Crippen LogP contribution in [-0.2, 0) is 14.3 Å². The largest absolute Gasteiger partial charge is 0.467 e. The van der Waals surface area contributed by atoms with Gasteiger partial charge in [-0.15, -0.1) is 0 Å². The highest BCUT2D eigenvalue weighted by Crippen LogP contribution is 2.50. The van der Waals surface area contributed by atoms with E-state index in [1.54, 1.807) is 34.6 Å². The van der Waals surface area contributed by atoms with Crippen LogP contribution in [0.3, 0.4) is 0 Å². The predicted octanol–water partition coefficient (Wildman–Crippen LogP) is 1.21. The van der Waals surface area contributed by atoms with Crippen LogP contribution in [0.1, 0.15) is 41.0 Å². The van der Waals surface area contributed by atoms with Crippen LogP contribution in [0.2, 0.25) is 0 Å². The molecule has 6 heteroatoms. The van der Waals surface area contributed by atoms with Crippen LogP contribution in [0, 0.1) is 5.41 Å². The maximum Gasteiger partial charge on any atom is 0.408 e. The lowest BCUT2D eigenvalue weighted by atomic mass is 9.54. The molecule has 1 aliphatic rings. The standard InChI is InChI=1S/C13H23NO5/c1-11(2,3)19-10(17)14-13(9(16)18-6)7-8(15)12(13,4)5/h8,15H,7H2,1-6H3,(H,14,17). The summed E-state index contributed by atoms with van der Waals surface area (Å²) in [5.74, 6) is -0.575. The molecular weight excluding hydrogens is 250 g/mol. The van der Waals surface area contributed by atoms with Crippen molar-refractivity contribution in [3.05, 3.63) is 0 Å². The Bertz CT molecular complexity index is 385. The van der Waals surface area contributed by atoms with Crippen molar-refractivity contribution in [1.29, 1.82) is 0 Å². The molecule has 0 aromatic carbocycles. The highest BCUT2D eigenvalue weighted by atomic mass is 16.6. The molecule has 0 heterocycles. The van der Waals surface area contributed by atoms with E-state index in [9.17, 15) is 14.7 Å². The molecule has 2 unspecified atom stereocenters. The second-order valence-electron chi connectivity index (χ2n) is 6.47. The first-order valence-electron chi connectivity index (χ1n) is 6.24. The number of carbonyl (C=O) groups excluding carboxylic acids is 2. The quantitative estimate of drug-likeness (QED) is 0.739. The molecule has 6 nitrogen and oxygen atoms in total. The Hall–Kier alpha value is -1.30. The van der Waals surface area contributed by atoms with E-state index in [2.05, 4.69) is 5.32 Å². The van der Waals surface area contributed by atoms with Gasteiger partial charge in [-0.2, -0.15) is 0 Å². The number of hydrogen-bond donors (Lipinski definition) is 2. The number of carbonyl (C=O) groups is 2. The fraction of sp³-hybridized carbons (Fsp3) is 0.846. The first-order valence-corrected chi connectivity index (χ1v) is 6.24. The van der Waals surface area contributed by atoms with E-state index in [-0.39, 0.29) is 6.42 Å². The number of methoxy groups -OCH3 is 1. The average Bonchev–Trinajstić information content (AvgIpc) is 2.24. The Morgan fingerprint density at radius 1 is 1.32 bits per heavy atom. The topological polar surface area (TPSA) is 84.9 Å². The van der Waals surface area contributed by atoms with Crippen molar-refractivity contribution in [2.75, 3.05) is 7.11 Å². The maximum absolute atomic E-state index is 12.0. The summed E-state index contributed by atoms with van der Waals surface area (Å²) in [6, 6.07) is 0. The highest BCUT2D eigenvalue weighted by molar-refractivity contribution is 5.88. The maximum atomic E-state index is 12.0. The van der Waals surface area contributed by atoms with Crippen molar-refractivity contribution in [3.8, 4) is 0 Å². The molecule has 1 rings (SSSR count). The molecule has 1 saturated carbocycles. The molecule has 0 radical (unpaired) electrons. The third-order valence-corrected chi connectivity index (χ3v) is 3.68. The monoisotopic (exact) mass is 273 g/mol. The fourth-order valence-corrected chi connectivity index (χ4v) is 2.22. The lowest BCUT2D eigenvalue weighted by molar-refractivity contribution is -0.184. The van der Waals surface area contributed by atoms with Crippen LogP contribution in [0.25, 0.3) is 0 Å². The van der Waals surface area contributed by atoms with E-state index in [0.29, 0.717) is 0 Å². The molecule has 0 spiro atoms. The minimum Gasteiger partial charge on any atom is -0.467 e. The van der Waals surface area contributed by atoms with Crippen LogP contribution in [0.5, 0.6) is 0 Å². The van der Waals surface area contributed by atoms with Gasteiger partial charge in [0.1, 0.15) is 5.60 Å². The molecule has 2 N–H and O–H groups in total. The molecule has 2 atom stereocenters. The van der Waals surface area contributed by atoms with Gasteiger partial charge in [0.15, 0.2) is 5.54 Å². The number of ether oxygens (including phenoxy) is 2. The third-order valence-electron chi connectivity index (χ3n) is 3.68. The molecule has 0 bridgehead atoms. The van der Waals surface area contributed by atoms with Gasteiger partial charge in [-0.25, -0.2) is 9.59 Å². The van der Waals surface area contributed by atoms with Crippen molar-refractivity contribution < 1.29 is 24.2 Å². The molecule has 19 heavy (non-hydrogen) atoms. The van der Waals surface area contributed by atoms with Gasteiger partial charge in [0, 0.05) is 11.8 Å². The highest BCUT2D eigenvalue weighted by Gasteiger charge is 2.66. The van der Waals surface area contributed by atoms with Crippen LogP contribution in [0.15, 0.2) is 0 Å². The predicted molar refractivity (Wildman–Crippen MR) is 68.5 cm³/mol. The second-order valence-corrected chi connectivity index (χ2v) is 6.47. The van der Waals surface area contributed by atoms with Crippen LogP contribution < -0.4 is 5.32 Å². The Labute approximate surface area is 113 Å². The zero-order valence-electron chi connectivity index (χ0n) is 12.4. The number of amides is 1. The Morgan fingerprint density at radius 2 is 1.84 bits per heavy atom. The number of esters is 1. The number of aliphatic hydroxyl groups excluding tert-OH is 1. The summed E-state index contributed by atoms with van der Waals surface area (Å²) in [5, 5.41) is 12.4. The number of alkyl carbamates (subject to hydrolysis) is 1. The van der Waals surface area contributed by atoms with Crippen LogP contribution in [-0.4, -0.2) is 41.5 Å². The van der Waals surface area contributed by atoms with Gasteiger partial charge in [0.2, 0.25) is 0 Å². The molecule has 0 aromatic rings. The Balaban J connectivity index is 2.91. The van der Waals surface area contributed by atoms with Crippen molar-refractivity contribution in [2.24, 2.45) is 5.41 Å². The summed E-state index contributed by atoms with van der Waals surface area (Å²) >= 11 is 0. The van der Waals surface area contributed by atoms with Crippen molar-refractivity contribution in [3.63, 3.8) is 0 Å². The molecule has 1 fully saturated rings. The van der Waals surface area contributed by atoms with E-state index in [1.807, 2.05) is 0 Å². The summed E-state index contributed by atoms with van der Waals surface area (Å²) in [6.45, 7) is 8.61. The van der Waals surface area contributed by atoms with E-state index in [1.165, 1.54) is 7.11 Å². The molecule has 1 aliphatic carbocycles. The van der Waals surface area contributed by atoms with Gasteiger partial charge in [-0.05, 0) is 20.8 Å². The molecule has 0 saturated heterocycles. The van der Waals surface area contributed by atoms with Gasteiger partial charge < -0.3 is 19.9 Å². The van der Waals surface area contributed by atoms with Crippen molar-refractivity contribution >= 4 is 12.1 Å². The van der Waals surface area contributed by atoms with Crippen molar-refractivity contribution in [1.82, 2.24) is 5.32 Å². The van der Waals surface area contributed by atoms with Gasteiger partial charge in [0.05, 0.1) is 13.2 Å². The second kappa shape index (κ2) is 4.67. The summed E-state index contributed by atoms with van der Waals surface area (Å²) in [6.07, 6.45) is -1.26. The number of nitrogens with one attached hydrogen (secondary N) is 1. The molecule has 1 amide bonds. The Kier molecular flexibility index (Phi) is 3.87. The molecule has 0 aromatic heterocycles. The van der Waals surface area contributed by atoms with Gasteiger partial charge >= 0.3 is 12.1 Å². The van der Waals surface area contributed by atoms with Gasteiger partial charge in [-0.1, -0.05) is 13.8 Å². The summed E-state index contributed by atoms with van der Waals surface area (Å²) < 4.78 is 9.91. The SMILES string of the molecule is COC(=O)C1(NC(=O)OC(C)(C)C)CC(O)C1(C)C. The van der Waals surface area contributed by atoms with E-state index >= 15 is 0 Å². The number of rotatable bonds is 2. The number of hydrogen-bond acceptors (Lipinski definition) is 5. The molecular formula is C13H23NO5. The first-order chi connectivity index (χ1) is 8.46. The van der Waals surface area contributed by atoms with E-state index in [0.717, 1.165) is 0 Å². The minimum atomic E-state index is -1.25. The molecule has 0 aliphatic heterocycles. The fourth-order valence-electron chi connectivity index (χ4n) is 2.22. The third kappa shape index (κ3) is 2.68. The number of aliphatic hydroxyl groups is 1. The van der Waals surface area contributed by atoms with E-state index < -0.39 is 34.7 Å². The summed E-state index contributed by atoms with van der Waals surface area (Å²) in [7, 11) is 1.25.